The second-order valence-electron chi connectivity index (χ2n) is 12.8. The van der Waals surface area contributed by atoms with Crippen LogP contribution in [-0.4, -0.2) is 0 Å². The zero-order valence-electron chi connectivity index (χ0n) is 26.4. The average Bonchev–Trinajstić information content (AvgIpc) is 3.69. The SMILES string of the molecule is CCCCCCC1(CCCCCC)c2ccccc2-c2ccc(-c3c4ccccc4c(-c4cccs4)c4ccccc34)cc21. The van der Waals surface area contributed by atoms with Crippen LogP contribution < -0.4 is 0 Å². The molecule has 0 aliphatic heterocycles. The van der Waals surface area contributed by atoms with Crippen molar-refractivity contribution in [2.45, 2.75) is 83.5 Å². The van der Waals surface area contributed by atoms with Crippen molar-refractivity contribution in [2.75, 3.05) is 0 Å². The molecule has 6 aromatic rings. The summed E-state index contributed by atoms with van der Waals surface area (Å²) in [5, 5.41) is 7.59. The zero-order chi connectivity index (χ0) is 29.9. The Morgan fingerprint density at radius 2 is 1.07 bits per heavy atom. The first-order valence-electron chi connectivity index (χ1n) is 17.0. The van der Waals surface area contributed by atoms with E-state index in [-0.39, 0.29) is 5.41 Å². The van der Waals surface area contributed by atoms with Gasteiger partial charge in [0.25, 0.3) is 0 Å². The maximum atomic E-state index is 2.62. The molecular weight excluding hydrogens is 549 g/mol. The zero-order valence-corrected chi connectivity index (χ0v) is 27.2. The lowest BCUT2D eigenvalue weighted by atomic mass is 9.70. The van der Waals surface area contributed by atoms with Crippen LogP contribution in [-0.2, 0) is 5.41 Å². The van der Waals surface area contributed by atoms with Gasteiger partial charge in [-0.25, -0.2) is 0 Å². The summed E-state index contributed by atoms with van der Waals surface area (Å²) in [6.45, 7) is 4.65. The number of fused-ring (bicyclic) bond motifs is 5. The van der Waals surface area contributed by atoms with Crippen molar-refractivity contribution < 1.29 is 0 Å². The molecule has 0 fully saturated rings. The Bertz CT molecular complexity index is 1820. The summed E-state index contributed by atoms with van der Waals surface area (Å²) < 4.78 is 0. The largest absolute Gasteiger partial charge is 0.144 e. The van der Waals surface area contributed by atoms with Crippen LogP contribution in [0.4, 0.5) is 0 Å². The van der Waals surface area contributed by atoms with E-state index < -0.39 is 0 Å². The van der Waals surface area contributed by atoms with E-state index >= 15 is 0 Å². The fraction of sp³-hybridized carbons (Fsp3) is 0.302. The number of unbranched alkanes of at least 4 members (excludes halogenated alkanes) is 6. The monoisotopic (exact) mass is 592 g/mol. The second kappa shape index (κ2) is 12.7. The Kier molecular flexibility index (Phi) is 8.41. The molecule has 1 aliphatic rings. The maximum absolute atomic E-state index is 2.62. The van der Waals surface area contributed by atoms with E-state index in [0.29, 0.717) is 0 Å². The highest BCUT2D eigenvalue weighted by molar-refractivity contribution is 7.13. The molecule has 0 unspecified atom stereocenters. The quantitative estimate of drug-likeness (QED) is 0.0979. The lowest BCUT2D eigenvalue weighted by Crippen LogP contribution is -2.25. The van der Waals surface area contributed by atoms with Crippen LogP contribution in [0.3, 0.4) is 0 Å². The standard InChI is InChI=1S/C43H44S/c1-3-5-7-15-27-43(28-16-8-6-4-2)38-23-14-13-18-32(38)33-26-25-31(30-39(33)43)41-34-19-9-11-21-36(34)42(40-24-17-29-44-40)37-22-12-10-20-35(37)41/h9-14,17-26,29-30H,3-8,15-16,27-28H2,1-2H3. The summed E-state index contributed by atoms with van der Waals surface area (Å²) in [4.78, 5) is 1.34. The van der Waals surface area contributed by atoms with Crippen LogP contribution in [0.2, 0.25) is 0 Å². The minimum Gasteiger partial charge on any atom is -0.144 e. The van der Waals surface area contributed by atoms with Gasteiger partial charge in [-0.3, -0.25) is 0 Å². The molecule has 0 N–H and O–H groups in total. The molecule has 1 heterocycles. The highest BCUT2D eigenvalue weighted by Crippen LogP contribution is 2.55. The lowest BCUT2D eigenvalue weighted by Gasteiger charge is -2.33. The van der Waals surface area contributed by atoms with Gasteiger partial charge in [0, 0.05) is 15.9 Å². The van der Waals surface area contributed by atoms with Gasteiger partial charge in [-0.15, -0.1) is 11.3 Å². The predicted octanol–water partition coefficient (Wildman–Crippen LogP) is 13.6. The third kappa shape index (κ3) is 5.00. The molecule has 1 aliphatic carbocycles. The van der Waals surface area contributed by atoms with Crippen LogP contribution in [0.1, 0.15) is 89.2 Å². The Balaban J connectivity index is 1.45. The Morgan fingerprint density at radius 3 is 1.66 bits per heavy atom. The molecule has 0 atom stereocenters. The van der Waals surface area contributed by atoms with Gasteiger partial charge in [-0.05, 0) is 85.3 Å². The molecule has 0 bridgehead atoms. The van der Waals surface area contributed by atoms with E-state index in [4.69, 9.17) is 0 Å². The van der Waals surface area contributed by atoms with E-state index in [1.165, 1.54) is 118 Å². The molecule has 0 amide bonds. The average molecular weight is 593 g/mol. The van der Waals surface area contributed by atoms with Gasteiger partial charge in [0.2, 0.25) is 0 Å². The minimum absolute atomic E-state index is 0.0892. The van der Waals surface area contributed by atoms with Crippen LogP contribution in [0, 0.1) is 0 Å². The van der Waals surface area contributed by atoms with Crippen molar-refractivity contribution in [2.24, 2.45) is 0 Å². The topological polar surface area (TPSA) is 0 Å². The van der Waals surface area contributed by atoms with Gasteiger partial charge in [0.15, 0.2) is 0 Å². The van der Waals surface area contributed by atoms with Crippen molar-refractivity contribution in [3.63, 3.8) is 0 Å². The van der Waals surface area contributed by atoms with Crippen LogP contribution >= 0.6 is 11.3 Å². The van der Waals surface area contributed by atoms with Crippen molar-refractivity contribution in [3.8, 4) is 32.7 Å². The summed E-state index contributed by atoms with van der Waals surface area (Å²) in [7, 11) is 0. The summed E-state index contributed by atoms with van der Waals surface area (Å²) >= 11 is 1.84. The van der Waals surface area contributed by atoms with Crippen LogP contribution in [0.15, 0.2) is 109 Å². The first kappa shape index (κ1) is 29.1. The Hall–Kier alpha value is -3.68. The molecule has 0 saturated heterocycles. The molecule has 0 radical (unpaired) electrons. The van der Waals surface area contributed by atoms with Gasteiger partial charge in [-0.1, -0.05) is 156 Å². The molecular formula is C43H44S. The van der Waals surface area contributed by atoms with Gasteiger partial charge in [0.1, 0.15) is 0 Å². The Morgan fingerprint density at radius 1 is 0.500 bits per heavy atom. The number of thiophene rings is 1. The number of rotatable bonds is 12. The third-order valence-corrected chi connectivity index (χ3v) is 11.1. The van der Waals surface area contributed by atoms with E-state index in [0.717, 1.165) is 0 Å². The molecule has 0 spiro atoms. The summed E-state index contributed by atoms with van der Waals surface area (Å²) in [5.41, 5.74) is 10.2. The van der Waals surface area contributed by atoms with Gasteiger partial charge >= 0.3 is 0 Å². The Labute approximate surface area is 267 Å². The van der Waals surface area contributed by atoms with Gasteiger partial charge in [0.05, 0.1) is 0 Å². The second-order valence-corrected chi connectivity index (χ2v) is 13.8. The lowest BCUT2D eigenvalue weighted by molar-refractivity contribution is 0.401. The molecule has 222 valence electrons. The number of hydrogen-bond donors (Lipinski definition) is 0. The van der Waals surface area contributed by atoms with Gasteiger partial charge in [-0.2, -0.15) is 0 Å². The smallest absolute Gasteiger partial charge is 0.0355 e. The van der Waals surface area contributed by atoms with E-state index in [1.54, 1.807) is 11.1 Å². The van der Waals surface area contributed by atoms with Crippen molar-refractivity contribution >= 4 is 32.9 Å². The van der Waals surface area contributed by atoms with Crippen molar-refractivity contribution in [1.82, 2.24) is 0 Å². The molecule has 1 aromatic heterocycles. The number of benzene rings is 5. The maximum Gasteiger partial charge on any atom is 0.0355 e. The molecule has 1 heteroatoms. The summed E-state index contributed by atoms with van der Waals surface area (Å²) in [6.07, 6.45) is 12.9. The summed E-state index contributed by atoms with van der Waals surface area (Å²) in [5.74, 6) is 0. The predicted molar refractivity (Wildman–Crippen MR) is 194 cm³/mol. The molecule has 44 heavy (non-hydrogen) atoms. The fourth-order valence-electron chi connectivity index (χ4n) is 8.11. The first-order valence-corrected chi connectivity index (χ1v) is 17.9. The van der Waals surface area contributed by atoms with Gasteiger partial charge < -0.3 is 0 Å². The highest BCUT2D eigenvalue weighted by Gasteiger charge is 2.42. The summed E-state index contributed by atoms with van der Waals surface area (Å²) in [6, 6.07) is 39.5. The molecule has 5 aromatic carbocycles. The van der Waals surface area contributed by atoms with E-state index in [2.05, 4.69) is 122 Å². The number of hydrogen-bond acceptors (Lipinski definition) is 1. The molecule has 7 rings (SSSR count). The normalized spacial score (nSPS) is 13.4. The third-order valence-electron chi connectivity index (χ3n) is 10.2. The highest BCUT2D eigenvalue weighted by atomic mass is 32.1. The molecule has 0 saturated carbocycles. The van der Waals surface area contributed by atoms with Crippen molar-refractivity contribution in [3.05, 3.63) is 120 Å². The van der Waals surface area contributed by atoms with Crippen molar-refractivity contribution in [1.29, 1.82) is 0 Å². The van der Waals surface area contributed by atoms with E-state index in [9.17, 15) is 0 Å². The van der Waals surface area contributed by atoms with Crippen LogP contribution in [0.5, 0.6) is 0 Å². The van der Waals surface area contributed by atoms with Crippen LogP contribution in [0.25, 0.3) is 54.2 Å². The van der Waals surface area contributed by atoms with E-state index in [1.807, 2.05) is 11.3 Å². The minimum atomic E-state index is 0.0892. The fourth-order valence-corrected chi connectivity index (χ4v) is 8.91. The first-order chi connectivity index (χ1) is 21.8. The molecule has 0 nitrogen and oxygen atoms in total.